The third kappa shape index (κ3) is 4.83. The van der Waals surface area contributed by atoms with E-state index >= 15 is 0 Å². The van der Waals surface area contributed by atoms with E-state index in [-0.39, 0.29) is 25.5 Å². The molecule has 3 aromatic rings. The summed E-state index contributed by atoms with van der Waals surface area (Å²) in [5.41, 5.74) is 5.24. The Morgan fingerprint density at radius 2 is 1.59 bits per heavy atom. The zero-order valence-corrected chi connectivity index (χ0v) is 19.1. The Morgan fingerprint density at radius 3 is 2.18 bits per heavy atom. The zero-order valence-electron chi connectivity index (χ0n) is 19.1. The van der Waals surface area contributed by atoms with Gasteiger partial charge in [-0.2, -0.15) is 0 Å². The Kier molecular flexibility index (Phi) is 7.01. The van der Waals surface area contributed by atoms with Gasteiger partial charge in [0, 0.05) is 18.5 Å². The number of benzene rings is 3. The number of carboxylic acid groups (broad SMARTS) is 1. The summed E-state index contributed by atoms with van der Waals surface area (Å²) < 4.78 is 16.1. The van der Waals surface area contributed by atoms with E-state index in [2.05, 4.69) is 17.4 Å². The second kappa shape index (κ2) is 10.3. The number of hydrogen-bond donors (Lipinski definition) is 2. The van der Waals surface area contributed by atoms with E-state index in [4.69, 9.17) is 14.2 Å². The van der Waals surface area contributed by atoms with Gasteiger partial charge in [0.05, 0.1) is 20.1 Å². The minimum Gasteiger partial charge on any atom is -0.497 e. The Hall–Kier alpha value is -4.00. The van der Waals surface area contributed by atoms with E-state index in [1.165, 1.54) is 7.11 Å². The largest absolute Gasteiger partial charge is 0.497 e. The number of carbonyl (C=O) groups is 2. The van der Waals surface area contributed by atoms with Crippen LogP contribution in [0.1, 0.15) is 22.6 Å². The number of aliphatic carboxylic acids is 1. The molecule has 2 N–H and O–H groups in total. The molecule has 0 heterocycles. The summed E-state index contributed by atoms with van der Waals surface area (Å²) in [5, 5.41) is 12.3. The number of methoxy groups -OCH3 is 2. The molecule has 1 amide bonds. The molecule has 0 aromatic heterocycles. The third-order valence-corrected chi connectivity index (χ3v) is 6.15. The van der Waals surface area contributed by atoms with Crippen LogP contribution in [0.15, 0.2) is 66.7 Å². The molecule has 0 radical (unpaired) electrons. The molecule has 0 saturated carbocycles. The monoisotopic (exact) mass is 461 g/mol. The van der Waals surface area contributed by atoms with Gasteiger partial charge < -0.3 is 24.6 Å². The molecule has 7 nitrogen and oxygen atoms in total. The Bertz CT molecular complexity index is 1150. The predicted octanol–water partition coefficient (Wildman–Crippen LogP) is 4.49. The van der Waals surface area contributed by atoms with Crippen molar-refractivity contribution in [2.75, 3.05) is 27.4 Å². The summed E-state index contributed by atoms with van der Waals surface area (Å²) in [4.78, 5) is 24.3. The van der Waals surface area contributed by atoms with Crippen LogP contribution in [0.4, 0.5) is 4.79 Å². The molecule has 1 aliphatic carbocycles. The van der Waals surface area contributed by atoms with Gasteiger partial charge in [0.2, 0.25) is 0 Å². The molecule has 1 aliphatic rings. The van der Waals surface area contributed by atoms with E-state index in [1.807, 2.05) is 36.4 Å². The van der Waals surface area contributed by atoms with Crippen LogP contribution < -0.4 is 14.8 Å². The Morgan fingerprint density at radius 1 is 0.941 bits per heavy atom. The zero-order chi connectivity index (χ0) is 24.1. The van der Waals surface area contributed by atoms with Crippen molar-refractivity contribution in [2.24, 2.45) is 5.92 Å². The SMILES string of the molecule is COc1ccc(CC(CNC(=O)OCC2c3ccccc3-c3ccccc32)C(=O)O)c(OC)c1. The van der Waals surface area contributed by atoms with Crippen LogP contribution in [0.5, 0.6) is 11.5 Å². The first-order valence-electron chi connectivity index (χ1n) is 11.0. The van der Waals surface area contributed by atoms with Gasteiger partial charge in [-0.15, -0.1) is 0 Å². The molecule has 3 aromatic carbocycles. The summed E-state index contributed by atoms with van der Waals surface area (Å²) in [6.45, 7) is 0.102. The minimum atomic E-state index is -1.02. The van der Waals surface area contributed by atoms with Gasteiger partial charge in [0.15, 0.2) is 0 Å². The number of alkyl carbamates (subject to hydrolysis) is 1. The molecule has 1 unspecified atom stereocenters. The van der Waals surface area contributed by atoms with Crippen LogP contribution >= 0.6 is 0 Å². The van der Waals surface area contributed by atoms with Crippen LogP contribution in [0, 0.1) is 5.92 Å². The van der Waals surface area contributed by atoms with Crippen molar-refractivity contribution in [3.63, 3.8) is 0 Å². The molecule has 0 aliphatic heterocycles. The van der Waals surface area contributed by atoms with Crippen LogP contribution in [-0.4, -0.2) is 44.5 Å². The maximum absolute atomic E-state index is 12.4. The molecular weight excluding hydrogens is 434 g/mol. The average Bonchev–Trinajstić information content (AvgIpc) is 3.18. The van der Waals surface area contributed by atoms with E-state index < -0.39 is 18.0 Å². The third-order valence-electron chi connectivity index (χ3n) is 6.15. The van der Waals surface area contributed by atoms with Crippen LogP contribution in [0.3, 0.4) is 0 Å². The summed E-state index contributed by atoms with van der Waals surface area (Å²) in [5.74, 6) is -0.771. The summed E-state index contributed by atoms with van der Waals surface area (Å²) in [6.07, 6.45) is -0.457. The van der Waals surface area contributed by atoms with Gasteiger partial charge in [0.25, 0.3) is 0 Å². The van der Waals surface area contributed by atoms with Crippen LogP contribution in [0.25, 0.3) is 11.1 Å². The minimum absolute atomic E-state index is 0.0584. The number of hydrogen-bond acceptors (Lipinski definition) is 5. The molecule has 1 atom stereocenters. The van der Waals surface area contributed by atoms with E-state index in [1.54, 1.807) is 25.3 Å². The van der Waals surface area contributed by atoms with E-state index in [0.717, 1.165) is 22.3 Å². The van der Waals surface area contributed by atoms with Crippen molar-refractivity contribution in [1.82, 2.24) is 5.32 Å². The van der Waals surface area contributed by atoms with E-state index in [9.17, 15) is 14.7 Å². The van der Waals surface area contributed by atoms with Gasteiger partial charge in [-0.3, -0.25) is 4.79 Å². The molecule has 0 spiro atoms. The normalized spacial score (nSPS) is 12.9. The Labute approximate surface area is 198 Å². The van der Waals surface area contributed by atoms with Gasteiger partial charge in [0.1, 0.15) is 18.1 Å². The molecule has 34 heavy (non-hydrogen) atoms. The second-order valence-electron chi connectivity index (χ2n) is 8.12. The number of amides is 1. The van der Waals surface area contributed by atoms with Gasteiger partial charge in [-0.25, -0.2) is 4.79 Å². The predicted molar refractivity (Wildman–Crippen MR) is 127 cm³/mol. The number of carboxylic acids is 1. The molecule has 7 heteroatoms. The van der Waals surface area contributed by atoms with Gasteiger partial charge in [-0.05, 0) is 40.3 Å². The summed E-state index contributed by atoms with van der Waals surface area (Å²) >= 11 is 0. The standard InChI is InChI=1S/C27H27NO6/c1-32-19-12-11-17(25(14-19)33-2)13-18(26(29)30)15-28-27(31)34-16-24-22-9-5-3-7-20(22)21-8-4-6-10-23(21)24/h3-12,14,18,24H,13,15-16H2,1-2H3,(H,28,31)(H,29,30). The topological polar surface area (TPSA) is 94.1 Å². The molecule has 176 valence electrons. The lowest BCUT2D eigenvalue weighted by atomic mass is 9.98. The smallest absolute Gasteiger partial charge is 0.407 e. The number of carbonyl (C=O) groups excluding carboxylic acids is 1. The van der Waals surface area contributed by atoms with Crippen molar-refractivity contribution in [3.8, 4) is 22.6 Å². The highest BCUT2D eigenvalue weighted by molar-refractivity contribution is 5.79. The van der Waals surface area contributed by atoms with Crippen molar-refractivity contribution >= 4 is 12.1 Å². The molecular formula is C27H27NO6. The van der Waals surface area contributed by atoms with Crippen molar-refractivity contribution in [3.05, 3.63) is 83.4 Å². The lowest BCUT2D eigenvalue weighted by Gasteiger charge is -2.17. The number of rotatable bonds is 9. The first-order valence-corrected chi connectivity index (χ1v) is 11.0. The number of fused-ring (bicyclic) bond motifs is 3. The fraction of sp³-hybridized carbons (Fsp3) is 0.259. The van der Waals surface area contributed by atoms with Crippen molar-refractivity contribution < 1.29 is 28.9 Å². The highest BCUT2D eigenvalue weighted by Gasteiger charge is 2.29. The maximum atomic E-state index is 12.4. The number of ether oxygens (including phenoxy) is 3. The maximum Gasteiger partial charge on any atom is 0.407 e. The Balaban J connectivity index is 1.37. The highest BCUT2D eigenvalue weighted by Crippen LogP contribution is 2.44. The summed E-state index contributed by atoms with van der Waals surface area (Å²) in [7, 11) is 3.07. The lowest BCUT2D eigenvalue weighted by molar-refractivity contribution is -0.141. The van der Waals surface area contributed by atoms with Crippen molar-refractivity contribution in [1.29, 1.82) is 0 Å². The molecule has 0 bridgehead atoms. The summed E-state index contributed by atoms with van der Waals surface area (Å²) in [6, 6.07) is 21.4. The van der Waals surface area contributed by atoms with Gasteiger partial charge >= 0.3 is 12.1 Å². The molecule has 0 fully saturated rings. The first kappa shape index (κ1) is 23.2. The number of nitrogens with one attached hydrogen (secondary N) is 1. The highest BCUT2D eigenvalue weighted by atomic mass is 16.5. The van der Waals surface area contributed by atoms with Crippen LogP contribution in [0.2, 0.25) is 0 Å². The quantitative estimate of drug-likeness (QED) is 0.488. The average molecular weight is 462 g/mol. The first-order chi connectivity index (χ1) is 16.5. The second-order valence-corrected chi connectivity index (χ2v) is 8.12. The lowest BCUT2D eigenvalue weighted by Crippen LogP contribution is -2.35. The van der Waals surface area contributed by atoms with Gasteiger partial charge in [-0.1, -0.05) is 54.6 Å². The fourth-order valence-corrected chi connectivity index (χ4v) is 4.39. The molecule has 4 rings (SSSR count). The van der Waals surface area contributed by atoms with Crippen LogP contribution in [-0.2, 0) is 16.0 Å². The molecule has 0 saturated heterocycles. The fourth-order valence-electron chi connectivity index (χ4n) is 4.39. The van der Waals surface area contributed by atoms with Crippen molar-refractivity contribution in [2.45, 2.75) is 12.3 Å². The van der Waals surface area contributed by atoms with E-state index in [0.29, 0.717) is 17.1 Å².